The van der Waals surface area contributed by atoms with E-state index in [4.69, 9.17) is 4.74 Å². The number of nitrogens with zero attached hydrogens (tertiary/aromatic N) is 4. The maximum absolute atomic E-state index is 5.52. The van der Waals surface area contributed by atoms with Gasteiger partial charge in [-0.1, -0.05) is 13.8 Å². The summed E-state index contributed by atoms with van der Waals surface area (Å²) in [5, 5.41) is 0. The molecule has 0 saturated heterocycles. The molecule has 0 amide bonds. The zero-order valence-corrected chi connectivity index (χ0v) is 11.6. The van der Waals surface area contributed by atoms with E-state index in [0.717, 1.165) is 17.0 Å². The minimum Gasteiger partial charge on any atom is -0.476 e. The second-order valence-electron chi connectivity index (χ2n) is 4.87. The molecule has 0 radical (unpaired) electrons. The zero-order valence-electron chi connectivity index (χ0n) is 11.6. The molecule has 0 atom stereocenters. The van der Waals surface area contributed by atoms with Gasteiger partial charge in [0.15, 0.2) is 11.2 Å². The predicted octanol–water partition coefficient (Wildman–Crippen LogP) is 2.93. The van der Waals surface area contributed by atoms with E-state index in [9.17, 15) is 0 Å². The Morgan fingerprint density at radius 3 is 2.50 bits per heavy atom. The third-order valence-corrected chi connectivity index (χ3v) is 2.78. The number of hydrogen-bond donors (Lipinski definition) is 0. The highest BCUT2D eigenvalue weighted by molar-refractivity contribution is 5.77. The van der Waals surface area contributed by atoms with Gasteiger partial charge in [-0.3, -0.25) is 0 Å². The molecule has 0 aliphatic rings. The standard InChI is InChI=1S/C13H20N4O/c1-6-18-13-10-12(14-7-15-13)17(9(4)5)11(16-10)8(2)3/h7-9H,6H2,1-5H3. The summed E-state index contributed by atoms with van der Waals surface area (Å²) in [6.07, 6.45) is 1.54. The molecule has 0 N–H and O–H groups in total. The molecule has 5 heteroatoms. The van der Waals surface area contributed by atoms with Gasteiger partial charge in [-0.05, 0) is 20.8 Å². The van der Waals surface area contributed by atoms with Gasteiger partial charge in [0.2, 0.25) is 5.88 Å². The molecule has 0 saturated carbocycles. The molecule has 2 rings (SSSR count). The van der Waals surface area contributed by atoms with Gasteiger partial charge in [0, 0.05) is 12.0 Å². The topological polar surface area (TPSA) is 52.8 Å². The summed E-state index contributed by atoms with van der Waals surface area (Å²) in [4.78, 5) is 13.2. The van der Waals surface area contributed by atoms with E-state index in [1.54, 1.807) is 0 Å². The van der Waals surface area contributed by atoms with Crippen molar-refractivity contribution in [3.05, 3.63) is 12.2 Å². The first kappa shape index (κ1) is 12.8. The van der Waals surface area contributed by atoms with Gasteiger partial charge >= 0.3 is 0 Å². The van der Waals surface area contributed by atoms with E-state index in [1.807, 2.05) is 6.92 Å². The molecule has 5 nitrogen and oxygen atoms in total. The van der Waals surface area contributed by atoms with Crippen LogP contribution in [0.2, 0.25) is 0 Å². The van der Waals surface area contributed by atoms with Crippen LogP contribution in [0.15, 0.2) is 6.33 Å². The molecule has 0 fully saturated rings. The number of imidazole rings is 1. The van der Waals surface area contributed by atoms with Crippen molar-refractivity contribution in [2.45, 2.75) is 46.6 Å². The Labute approximate surface area is 107 Å². The molecular formula is C13H20N4O. The fourth-order valence-corrected chi connectivity index (χ4v) is 2.06. The molecule has 98 valence electrons. The van der Waals surface area contributed by atoms with E-state index in [-0.39, 0.29) is 0 Å². The van der Waals surface area contributed by atoms with Crippen molar-refractivity contribution in [2.24, 2.45) is 0 Å². The van der Waals surface area contributed by atoms with Crippen LogP contribution < -0.4 is 4.74 Å². The Morgan fingerprint density at radius 1 is 1.22 bits per heavy atom. The summed E-state index contributed by atoms with van der Waals surface area (Å²) < 4.78 is 7.68. The fraction of sp³-hybridized carbons (Fsp3) is 0.615. The van der Waals surface area contributed by atoms with E-state index in [1.165, 1.54) is 6.33 Å². The fourth-order valence-electron chi connectivity index (χ4n) is 2.06. The van der Waals surface area contributed by atoms with Gasteiger partial charge in [0.05, 0.1) is 6.61 Å². The average molecular weight is 248 g/mol. The first-order chi connectivity index (χ1) is 8.56. The molecule has 0 bridgehead atoms. The number of ether oxygens (including phenoxy) is 1. The van der Waals surface area contributed by atoms with E-state index < -0.39 is 0 Å². The molecule has 0 aliphatic carbocycles. The van der Waals surface area contributed by atoms with Gasteiger partial charge in [-0.25, -0.2) is 9.97 Å². The summed E-state index contributed by atoms with van der Waals surface area (Å²) in [6, 6.07) is 0.316. The Morgan fingerprint density at radius 2 is 1.94 bits per heavy atom. The van der Waals surface area contributed by atoms with Crippen LogP contribution in [0.4, 0.5) is 0 Å². The maximum Gasteiger partial charge on any atom is 0.245 e. The lowest BCUT2D eigenvalue weighted by Gasteiger charge is -2.14. The van der Waals surface area contributed by atoms with Crippen LogP contribution in [0.25, 0.3) is 11.2 Å². The Balaban J connectivity index is 2.71. The summed E-state index contributed by atoms with van der Waals surface area (Å²) >= 11 is 0. The van der Waals surface area contributed by atoms with E-state index in [2.05, 4.69) is 47.2 Å². The van der Waals surface area contributed by atoms with Crippen molar-refractivity contribution < 1.29 is 4.74 Å². The van der Waals surface area contributed by atoms with Crippen LogP contribution in [-0.4, -0.2) is 26.1 Å². The van der Waals surface area contributed by atoms with Gasteiger partial charge in [0.1, 0.15) is 12.2 Å². The summed E-state index contributed by atoms with van der Waals surface area (Å²) in [6.45, 7) is 11.1. The van der Waals surface area contributed by atoms with E-state index >= 15 is 0 Å². The van der Waals surface area contributed by atoms with Crippen LogP contribution in [-0.2, 0) is 0 Å². The van der Waals surface area contributed by atoms with Crippen molar-refractivity contribution >= 4 is 11.2 Å². The number of hydrogen-bond acceptors (Lipinski definition) is 4. The summed E-state index contributed by atoms with van der Waals surface area (Å²) in [5.41, 5.74) is 1.61. The molecule has 2 aromatic rings. The Hall–Kier alpha value is -1.65. The van der Waals surface area contributed by atoms with Gasteiger partial charge in [-0.2, -0.15) is 4.98 Å². The number of aromatic nitrogens is 4. The van der Waals surface area contributed by atoms with E-state index in [0.29, 0.717) is 24.4 Å². The second-order valence-corrected chi connectivity index (χ2v) is 4.87. The smallest absolute Gasteiger partial charge is 0.245 e. The van der Waals surface area contributed by atoms with Crippen LogP contribution >= 0.6 is 0 Å². The third kappa shape index (κ3) is 2.05. The highest BCUT2D eigenvalue weighted by Gasteiger charge is 2.19. The summed E-state index contributed by atoms with van der Waals surface area (Å²) in [7, 11) is 0. The Bertz CT molecular complexity index is 545. The lowest BCUT2D eigenvalue weighted by Crippen LogP contribution is -2.08. The number of fused-ring (bicyclic) bond motifs is 1. The molecule has 0 aliphatic heterocycles. The molecule has 18 heavy (non-hydrogen) atoms. The predicted molar refractivity (Wildman–Crippen MR) is 71.0 cm³/mol. The van der Waals surface area contributed by atoms with Crippen LogP contribution in [0.1, 0.15) is 52.4 Å². The third-order valence-electron chi connectivity index (χ3n) is 2.78. The lowest BCUT2D eigenvalue weighted by atomic mass is 10.2. The van der Waals surface area contributed by atoms with Crippen LogP contribution in [0, 0.1) is 0 Å². The Kier molecular flexibility index (Phi) is 3.50. The quantitative estimate of drug-likeness (QED) is 0.834. The first-order valence-corrected chi connectivity index (χ1v) is 6.41. The first-order valence-electron chi connectivity index (χ1n) is 6.41. The molecule has 0 aromatic carbocycles. The zero-order chi connectivity index (χ0) is 13.3. The minimum atomic E-state index is 0.316. The molecule has 2 aromatic heterocycles. The second kappa shape index (κ2) is 4.92. The normalized spacial score (nSPS) is 11.7. The van der Waals surface area contributed by atoms with Gasteiger partial charge in [-0.15, -0.1) is 0 Å². The lowest BCUT2D eigenvalue weighted by molar-refractivity contribution is 0.330. The van der Waals surface area contributed by atoms with Crippen molar-refractivity contribution in [3.63, 3.8) is 0 Å². The van der Waals surface area contributed by atoms with Gasteiger partial charge < -0.3 is 9.30 Å². The van der Waals surface area contributed by atoms with Crippen molar-refractivity contribution in [1.82, 2.24) is 19.5 Å². The molecule has 2 heterocycles. The average Bonchev–Trinajstić information content (AvgIpc) is 2.69. The summed E-state index contributed by atoms with van der Waals surface area (Å²) in [5.74, 6) is 1.95. The monoisotopic (exact) mass is 248 g/mol. The van der Waals surface area contributed by atoms with Crippen molar-refractivity contribution in [1.29, 1.82) is 0 Å². The largest absolute Gasteiger partial charge is 0.476 e. The van der Waals surface area contributed by atoms with Crippen LogP contribution in [0.5, 0.6) is 5.88 Å². The van der Waals surface area contributed by atoms with Crippen molar-refractivity contribution in [3.8, 4) is 5.88 Å². The molecule has 0 spiro atoms. The van der Waals surface area contributed by atoms with Gasteiger partial charge in [0.25, 0.3) is 0 Å². The maximum atomic E-state index is 5.52. The van der Waals surface area contributed by atoms with Crippen LogP contribution in [0.3, 0.4) is 0 Å². The molecular weight excluding hydrogens is 228 g/mol. The molecule has 0 unspecified atom stereocenters. The highest BCUT2D eigenvalue weighted by atomic mass is 16.5. The SMILES string of the molecule is CCOc1ncnc2c1nc(C(C)C)n2C(C)C. The highest BCUT2D eigenvalue weighted by Crippen LogP contribution is 2.28. The minimum absolute atomic E-state index is 0.316. The number of rotatable bonds is 4. The van der Waals surface area contributed by atoms with Crippen molar-refractivity contribution in [2.75, 3.05) is 6.61 Å².